The minimum absolute atomic E-state index is 0.157. The molecule has 0 saturated carbocycles. The van der Waals surface area contributed by atoms with Crippen molar-refractivity contribution in [3.05, 3.63) is 78.4 Å². The highest BCUT2D eigenvalue weighted by Crippen LogP contribution is 2.29. The van der Waals surface area contributed by atoms with Crippen molar-refractivity contribution in [1.82, 2.24) is 34.7 Å². The minimum Gasteiger partial charge on any atom is -0.386 e. The molecule has 0 radical (unpaired) electrons. The first-order valence-corrected chi connectivity index (χ1v) is 11.2. The molecule has 5 aromatic rings. The van der Waals surface area contributed by atoms with Crippen molar-refractivity contribution in [2.45, 2.75) is 32.5 Å². The second-order valence-corrected chi connectivity index (χ2v) is 8.44. The van der Waals surface area contributed by atoms with Crippen LogP contribution in [0.3, 0.4) is 0 Å². The van der Waals surface area contributed by atoms with Crippen molar-refractivity contribution in [3.8, 4) is 23.1 Å². The quantitative estimate of drug-likeness (QED) is 0.373. The van der Waals surface area contributed by atoms with Gasteiger partial charge in [-0.1, -0.05) is 35.5 Å². The molecule has 4 aromatic heterocycles. The van der Waals surface area contributed by atoms with Gasteiger partial charge < -0.3 is 10.4 Å². The van der Waals surface area contributed by atoms with Crippen LogP contribution in [0.5, 0.6) is 0 Å². The summed E-state index contributed by atoms with van der Waals surface area (Å²) in [5, 5.41) is 36.8. The molecule has 10 heteroatoms. The molecule has 0 aliphatic carbocycles. The smallest absolute Gasteiger partial charge is 0.164 e. The molecule has 0 bridgehead atoms. The number of nitrogens with zero attached hydrogens (tertiary/aromatic N) is 8. The van der Waals surface area contributed by atoms with Crippen molar-refractivity contribution >= 4 is 16.7 Å². The van der Waals surface area contributed by atoms with Gasteiger partial charge in [0.25, 0.3) is 0 Å². The van der Waals surface area contributed by atoms with E-state index in [2.05, 4.69) is 36.8 Å². The van der Waals surface area contributed by atoms with Crippen molar-refractivity contribution in [2.24, 2.45) is 0 Å². The second-order valence-electron chi connectivity index (χ2n) is 8.44. The van der Waals surface area contributed by atoms with Crippen molar-refractivity contribution in [1.29, 1.82) is 5.26 Å². The number of nitrogens with one attached hydrogen (secondary N) is 1. The molecular formula is C25H23N9O. The van der Waals surface area contributed by atoms with Gasteiger partial charge in [-0.2, -0.15) is 15.0 Å². The van der Waals surface area contributed by atoms with E-state index in [1.165, 1.54) is 6.20 Å². The second kappa shape index (κ2) is 9.32. The number of rotatable bonds is 7. The number of aromatic nitrogens is 7. The first-order chi connectivity index (χ1) is 17.0. The molecule has 35 heavy (non-hydrogen) atoms. The fourth-order valence-electron chi connectivity index (χ4n) is 3.81. The van der Waals surface area contributed by atoms with Gasteiger partial charge in [0, 0.05) is 41.1 Å². The van der Waals surface area contributed by atoms with E-state index in [0.717, 1.165) is 22.2 Å². The van der Waals surface area contributed by atoms with Crippen LogP contribution in [0.2, 0.25) is 0 Å². The third-order valence-corrected chi connectivity index (χ3v) is 5.45. The highest BCUT2D eigenvalue weighted by molar-refractivity contribution is 5.79. The van der Waals surface area contributed by atoms with E-state index >= 15 is 0 Å². The molecule has 0 amide bonds. The number of hydrogen-bond donors (Lipinski definition) is 2. The summed E-state index contributed by atoms with van der Waals surface area (Å²) in [6, 6.07) is 15.3. The first kappa shape index (κ1) is 22.2. The van der Waals surface area contributed by atoms with Gasteiger partial charge in [0.05, 0.1) is 30.6 Å². The lowest BCUT2D eigenvalue weighted by molar-refractivity contribution is 0.150. The van der Waals surface area contributed by atoms with Gasteiger partial charge in [-0.25, -0.2) is 14.6 Å². The average Bonchev–Trinajstić information content (AvgIpc) is 3.50. The van der Waals surface area contributed by atoms with Crippen LogP contribution in [0.25, 0.3) is 28.1 Å². The summed E-state index contributed by atoms with van der Waals surface area (Å²) in [7, 11) is 0. The Morgan fingerprint density at radius 2 is 1.91 bits per heavy atom. The molecule has 1 atom stereocenters. The van der Waals surface area contributed by atoms with Crippen LogP contribution in [-0.4, -0.2) is 45.9 Å². The van der Waals surface area contributed by atoms with Crippen LogP contribution in [-0.2, 0) is 6.54 Å². The van der Waals surface area contributed by atoms with Crippen LogP contribution in [0.15, 0.2) is 67.3 Å². The molecule has 0 aliphatic rings. The largest absolute Gasteiger partial charge is 0.386 e. The Bertz CT molecular complexity index is 1520. The Morgan fingerprint density at radius 1 is 1.09 bits per heavy atom. The Balaban J connectivity index is 1.47. The minimum atomic E-state index is -0.693. The number of anilines is 1. The summed E-state index contributed by atoms with van der Waals surface area (Å²) in [5.74, 6) is 0.580. The summed E-state index contributed by atoms with van der Waals surface area (Å²) in [6.45, 7) is 4.38. The Labute approximate surface area is 201 Å². The summed E-state index contributed by atoms with van der Waals surface area (Å²) < 4.78 is 3.26. The molecule has 0 aliphatic heterocycles. The number of aliphatic hydroxyl groups is 1. The summed E-state index contributed by atoms with van der Waals surface area (Å²) in [6.07, 6.45) is 6.01. The van der Waals surface area contributed by atoms with E-state index in [4.69, 9.17) is 5.26 Å². The maximum absolute atomic E-state index is 10.5. The lowest BCUT2D eigenvalue weighted by Crippen LogP contribution is -2.12. The fourth-order valence-corrected chi connectivity index (χ4v) is 3.81. The van der Waals surface area contributed by atoms with E-state index < -0.39 is 6.10 Å². The van der Waals surface area contributed by atoms with Gasteiger partial charge in [0.1, 0.15) is 11.8 Å². The van der Waals surface area contributed by atoms with E-state index in [-0.39, 0.29) is 12.6 Å². The maximum Gasteiger partial charge on any atom is 0.164 e. The summed E-state index contributed by atoms with van der Waals surface area (Å²) in [5.41, 5.74) is 4.13. The van der Waals surface area contributed by atoms with E-state index in [0.29, 0.717) is 22.7 Å². The lowest BCUT2D eigenvalue weighted by Gasteiger charge is -2.15. The van der Waals surface area contributed by atoms with Crippen LogP contribution in [0.4, 0.5) is 5.69 Å². The zero-order valence-electron chi connectivity index (χ0n) is 19.2. The highest BCUT2D eigenvalue weighted by Gasteiger charge is 2.16. The Hall–Kier alpha value is -4.62. The molecule has 1 aromatic carbocycles. The van der Waals surface area contributed by atoms with Crippen LogP contribution >= 0.6 is 0 Å². The Kier molecular flexibility index (Phi) is 5.91. The van der Waals surface area contributed by atoms with Crippen molar-refractivity contribution < 1.29 is 5.11 Å². The number of fused-ring (bicyclic) bond motifs is 1. The predicted octanol–water partition coefficient (Wildman–Crippen LogP) is 3.50. The third kappa shape index (κ3) is 4.58. The normalized spacial score (nSPS) is 12.1. The van der Waals surface area contributed by atoms with Gasteiger partial charge in [-0.3, -0.25) is 0 Å². The molecule has 10 nitrogen and oxygen atoms in total. The molecule has 1 unspecified atom stereocenters. The SMILES string of the molecule is CC(C)Nc1cc(-n2ncc3cc(C#N)cnc32)ncc1-c1cn(CC(O)c2ccccc2)nn1. The molecular weight excluding hydrogens is 442 g/mol. The summed E-state index contributed by atoms with van der Waals surface area (Å²) >= 11 is 0. The van der Waals surface area contributed by atoms with E-state index in [9.17, 15) is 5.11 Å². The van der Waals surface area contributed by atoms with Gasteiger partial charge in [-0.05, 0) is 25.5 Å². The van der Waals surface area contributed by atoms with E-state index in [1.54, 1.807) is 34.0 Å². The third-order valence-electron chi connectivity index (χ3n) is 5.45. The maximum atomic E-state index is 10.5. The zero-order chi connectivity index (χ0) is 24.4. The summed E-state index contributed by atoms with van der Waals surface area (Å²) in [4.78, 5) is 8.99. The number of aliphatic hydroxyl groups excluding tert-OH is 1. The lowest BCUT2D eigenvalue weighted by atomic mass is 10.1. The standard InChI is InChI=1S/C25H23N9O/c1-16(2)30-21-9-24(34-25-19(12-29-34)8-17(10-26)11-28-25)27-13-20(21)22-14-33(32-31-22)15-23(35)18-6-4-3-5-7-18/h3-9,11-14,16,23,35H,15H2,1-2H3,(H,27,30). The highest BCUT2D eigenvalue weighted by atomic mass is 16.3. The number of nitriles is 1. The molecule has 4 heterocycles. The van der Waals surface area contributed by atoms with Crippen molar-refractivity contribution in [2.75, 3.05) is 5.32 Å². The first-order valence-electron chi connectivity index (χ1n) is 11.2. The van der Waals surface area contributed by atoms with Gasteiger partial charge in [0.15, 0.2) is 11.5 Å². The zero-order valence-corrected chi connectivity index (χ0v) is 19.2. The van der Waals surface area contributed by atoms with Gasteiger partial charge in [0.2, 0.25) is 0 Å². The number of benzene rings is 1. The molecule has 0 saturated heterocycles. The molecule has 174 valence electrons. The molecule has 2 N–H and O–H groups in total. The average molecular weight is 466 g/mol. The van der Waals surface area contributed by atoms with Gasteiger partial charge in [-0.15, -0.1) is 5.10 Å². The molecule has 0 fully saturated rings. The van der Waals surface area contributed by atoms with Crippen LogP contribution in [0.1, 0.15) is 31.1 Å². The molecule has 5 rings (SSSR count). The topological polar surface area (TPSA) is 130 Å². The van der Waals surface area contributed by atoms with Crippen LogP contribution in [0, 0.1) is 11.3 Å². The number of hydrogen-bond acceptors (Lipinski definition) is 8. The predicted molar refractivity (Wildman–Crippen MR) is 131 cm³/mol. The van der Waals surface area contributed by atoms with Gasteiger partial charge >= 0.3 is 0 Å². The monoisotopic (exact) mass is 465 g/mol. The van der Waals surface area contributed by atoms with Crippen LogP contribution < -0.4 is 5.32 Å². The van der Waals surface area contributed by atoms with Crippen molar-refractivity contribution in [3.63, 3.8) is 0 Å². The fraction of sp³-hybridized carbons (Fsp3) is 0.200. The Morgan fingerprint density at radius 3 is 2.69 bits per heavy atom. The van der Waals surface area contributed by atoms with E-state index in [1.807, 2.05) is 50.2 Å². The molecule has 0 spiro atoms. The number of pyridine rings is 2.